The fraction of sp³-hybridized carbons (Fsp3) is 0.222. The predicted molar refractivity (Wildman–Crippen MR) is 49.3 cm³/mol. The second-order valence-electron chi connectivity index (χ2n) is 2.92. The van der Waals surface area contributed by atoms with Crippen LogP contribution in [0.25, 0.3) is 11.0 Å². The molecule has 0 amide bonds. The third-order valence-electron chi connectivity index (χ3n) is 1.85. The molecule has 1 radical (unpaired) electrons. The summed E-state index contributed by atoms with van der Waals surface area (Å²) in [5.74, 6) is 0. The molecule has 12 heavy (non-hydrogen) atoms. The summed E-state index contributed by atoms with van der Waals surface area (Å²) in [7, 11) is 4.01. The van der Waals surface area contributed by atoms with E-state index in [1.807, 2.05) is 37.2 Å². The van der Waals surface area contributed by atoms with Gasteiger partial charge < -0.3 is 9.88 Å². The number of anilines is 1. The Labute approximate surface area is 71.0 Å². The molecule has 0 fully saturated rings. The third-order valence-corrected chi connectivity index (χ3v) is 1.85. The van der Waals surface area contributed by atoms with Gasteiger partial charge in [0.1, 0.15) is 5.52 Å². The van der Waals surface area contributed by atoms with Crippen molar-refractivity contribution in [3.8, 4) is 0 Å². The number of nitrogens with zero attached hydrogens (tertiary/aromatic N) is 2. The fourth-order valence-corrected chi connectivity index (χ4v) is 1.25. The number of H-pyrrole nitrogens is 1. The quantitative estimate of drug-likeness (QED) is 0.684. The molecule has 0 unspecified atom stereocenters. The van der Waals surface area contributed by atoms with Gasteiger partial charge in [-0.15, -0.1) is 0 Å². The zero-order chi connectivity index (χ0) is 8.55. The monoisotopic (exact) mass is 160 g/mol. The molecule has 0 atom stereocenters. The molecule has 3 nitrogen and oxygen atoms in total. The van der Waals surface area contributed by atoms with Gasteiger partial charge in [0.05, 0.1) is 11.2 Å². The predicted octanol–water partition coefficient (Wildman–Crippen LogP) is 1.43. The van der Waals surface area contributed by atoms with Crippen LogP contribution in [0.15, 0.2) is 18.2 Å². The van der Waals surface area contributed by atoms with Crippen molar-refractivity contribution in [2.45, 2.75) is 0 Å². The highest BCUT2D eigenvalue weighted by Crippen LogP contribution is 2.21. The van der Waals surface area contributed by atoms with E-state index in [2.05, 4.69) is 16.3 Å². The molecule has 2 aromatic rings. The molecule has 0 bridgehead atoms. The van der Waals surface area contributed by atoms with Crippen molar-refractivity contribution in [2.24, 2.45) is 0 Å². The van der Waals surface area contributed by atoms with Crippen molar-refractivity contribution in [3.05, 3.63) is 24.5 Å². The molecule has 2 rings (SSSR count). The van der Waals surface area contributed by atoms with Gasteiger partial charge >= 0.3 is 0 Å². The van der Waals surface area contributed by atoms with Gasteiger partial charge in [-0.05, 0) is 12.1 Å². The second kappa shape index (κ2) is 2.52. The minimum Gasteiger partial charge on any atom is -0.376 e. The molecular weight excluding hydrogens is 150 g/mol. The van der Waals surface area contributed by atoms with E-state index >= 15 is 0 Å². The smallest absolute Gasteiger partial charge is 0.174 e. The number of benzene rings is 1. The maximum atomic E-state index is 4.12. The van der Waals surface area contributed by atoms with Gasteiger partial charge in [0.15, 0.2) is 6.33 Å². The normalized spacial score (nSPS) is 10.5. The van der Waals surface area contributed by atoms with Crippen LogP contribution in [0.2, 0.25) is 0 Å². The van der Waals surface area contributed by atoms with Gasteiger partial charge in [-0.25, -0.2) is 4.98 Å². The Hall–Kier alpha value is -1.51. The lowest BCUT2D eigenvalue weighted by Crippen LogP contribution is -2.08. The van der Waals surface area contributed by atoms with Crippen LogP contribution in [0, 0.1) is 6.33 Å². The largest absolute Gasteiger partial charge is 0.376 e. The number of hydrogen-bond donors (Lipinski definition) is 1. The Morgan fingerprint density at radius 2 is 2.25 bits per heavy atom. The Morgan fingerprint density at radius 3 is 3.00 bits per heavy atom. The average molecular weight is 160 g/mol. The van der Waals surface area contributed by atoms with E-state index in [-0.39, 0.29) is 0 Å². The highest BCUT2D eigenvalue weighted by atomic mass is 15.1. The molecular formula is C9H10N3. The maximum absolute atomic E-state index is 4.12. The topological polar surface area (TPSA) is 31.9 Å². The van der Waals surface area contributed by atoms with E-state index in [4.69, 9.17) is 0 Å². The zero-order valence-corrected chi connectivity index (χ0v) is 7.13. The standard InChI is InChI=1S/C9H10N3/c1-12(2)8-5-3-4-7-9(8)11-6-10-7/h3-5H,1-2H3,(H,10,11). The fourth-order valence-electron chi connectivity index (χ4n) is 1.25. The molecule has 1 heterocycles. The van der Waals surface area contributed by atoms with Crippen LogP contribution in [0.1, 0.15) is 0 Å². The van der Waals surface area contributed by atoms with Gasteiger partial charge in [-0.1, -0.05) is 6.07 Å². The number of aromatic amines is 1. The van der Waals surface area contributed by atoms with Gasteiger partial charge in [0.2, 0.25) is 0 Å². The van der Waals surface area contributed by atoms with Crippen LogP contribution in [-0.4, -0.2) is 24.1 Å². The molecule has 0 spiro atoms. The number of rotatable bonds is 1. The first-order valence-corrected chi connectivity index (χ1v) is 3.81. The first kappa shape index (κ1) is 7.16. The summed E-state index contributed by atoms with van der Waals surface area (Å²) in [6.07, 6.45) is 2.73. The summed E-state index contributed by atoms with van der Waals surface area (Å²) >= 11 is 0. The lowest BCUT2D eigenvalue weighted by molar-refractivity contribution is 1.14. The highest BCUT2D eigenvalue weighted by Gasteiger charge is 2.03. The highest BCUT2D eigenvalue weighted by molar-refractivity contribution is 5.87. The van der Waals surface area contributed by atoms with E-state index in [1.54, 1.807) is 0 Å². The van der Waals surface area contributed by atoms with E-state index in [9.17, 15) is 0 Å². The number of imidazole rings is 1. The van der Waals surface area contributed by atoms with Crippen molar-refractivity contribution < 1.29 is 0 Å². The number of para-hydroxylation sites is 1. The maximum Gasteiger partial charge on any atom is 0.174 e. The van der Waals surface area contributed by atoms with Crippen molar-refractivity contribution in [2.75, 3.05) is 19.0 Å². The van der Waals surface area contributed by atoms with Gasteiger partial charge in [-0.2, -0.15) is 0 Å². The summed E-state index contributed by atoms with van der Waals surface area (Å²) in [5.41, 5.74) is 3.12. The number of nitrogens with one attached hydrogen (secondary N) is 1. The van der Waals surface area contributed by atoms with Crippen LogP contribution in [0.4, 0.5) is 5.69 Å². The van der Waals surface area contributed by atoms with Crippen molar-refractivity contribution in [1.82, 2.24) is 9.97 Å². The van der Waals surface area contributed by atoms with E-state index in [1.165, 1.54) is 0 Å². The van der Waals surface area contributed by atoms with E-state index in [0.29, 0.717) is 0 Å². The minimum absolute atomic E-state index is 0.975. The molecule has 0 aliphatic rings. The lowest BCUT2D eigenvalue weighted by atomic mass is 10.2. The lowest BCUT2D eigenvalue weighted by Gasteiger charge is -2.11. The minimum atomic E-state index is 0.975. The van der Waals surface area contributed by atoms with E-state index < -0.39 is 0 Å². The second-order valence-corrected chi connectivity index (χ2v) is 2.92. The molecule has 0 aliphatic heterocycles. The Balaban J connectivity index is 2.73. The van der Waals surface area contributed by atoms with Crippen molar-refractivity contribution in [3.63, 3.8) is 0 Å². The molecule has 0 aliphatic carbocycles. The number of fused-ring (bicyclic) bond motifs is 1. The van der Waals surface area contributed by atoms with Crippen LogP contribution in [-0.2, 0) is 0 Å². The molecule has 1 N–H and O–H groups in total. The number of aromatic nitrogens is 2. The first-order valence-electron chi connectivity index (χ1n) is 3.81. The summed E-state index contributed by atoms with van der Waals surface area (Å²) in [4.78, 5) is 9.11. The molecule has 0 saturated heterocycles. The number of hydrogen-bond acceptors (Lipinski definition) is 2. The Morgan fingerprint density at radius 1 is 1.42 bits per heavy atom. The molecule has 3 heteroatoms. The van der Waals surface area contributed by atoms with Crippen LogP contribution in [0.3, 0.4) is 0 Å². The Kier molecular flexibility index (Phi) is 1.50. The summed E-state index contributed by atoms with van der Waals surface area (Å²) in [6.45, 7) is 0. The van der Waals surface area contributed by atoms with Gasteiger partial charge in [0, 0.05) is 14.1 Å². The van der Waals surface area contributed by atoms with Crippen LogP contribution >= 0.6 is 0 Å². The van der Waals surface area contributed by atoms with Gasteiger partial charge in [0.25, 0.3) is 0 Å². The molecule has 61 valence electrons. The SMILES string of the molecule is CN(C)c1cccc2[nH][c]nc12. The zero-order valence-electron chi connectivity index (χ0n) is 7.13. The average Bonchev–Trinajstić information content (AvgIpc) is 2.49. The Bertz CT molecular complexity index is 389. The summed E-state index contributed by atoms with van der Waals surface area (Å²) in [5, 5.41) is 0. The molecule has 1 aromatic heterocycles. The summed E-state index contributed by atoms with van der Waals surface area (Å²) in [6, 6.07) is 6.03. The van der Waals surface area contributed by atoms with Gasteiger partial charge in [-0.3, -0.25) is 0 Å². The van der Waals surface area contributed by atoms with Crippen LogP contribution in [0.5, 0.6) is 0 Å². The molecule has 1 aromatic carbocycles. The van der Waals surface area contributed by atoms with Crippen LogP contribution < -0.4 is 4.90 Å². The molecule has 0 saturated carbocycles. The first-order chi connectivity index (χ1) is 5.79. The van der Waals surface area contributed by atoms with E-state index in [0.717, 1.165) is 16.7 Å². The van der Waals surface area contributed by atoms with Crippen molar-refractivity contribution >= 4 is 16.7 Å². The summed E-state index contributed by atoms with van der Waals surface area (Å²) < 4.78 is 0. The third kappa shape index (κ3) is 0.942. The van der Waals surface area contributed by atoms with Crippen molar-refractivity contribution in [1.29, 1.82) is 0 Å².